The average molecular weight is 373 g/mol. The summed E-state index contributed by atoms with van der Waals surface area (Å²) >= 11 is 9.91. The van der Waals surface area contributed by atoms with Crippen LogP contribution in [0, 0.1) is 0 Å². The number of aromatic nitrogens is 2. The van der Waals surface area contributed by atoms with Crippen molar-refractivity contribution in [1.29, 1.82) is 0 Å². The summed E-state index contributed by atoms with van der Waals surface area (Å²) in [7, 11) is 2.26. The Balaban J connectivity index is 1.95. The lowest BCUT2D eigenvalue weighted by Crippen LogP contribution is -2.39. The van der Waals surface area contributed by atoms with Gasteiger partial charge in [-0.1, -0.05) is 32.4 Å². The number of hydrogen-bond donors (Lipinski definition) is 0. The fourth-order valence-electron chi connectivity index (χ4n) is 3.74. The van der Waals surface area contributed by atoms with Crippen molar-refractivity contribution in [3.05, 3.63) is 21.1 Å². The van der Waals surface area contributed by atoms with Crippen LogP contribution in [0.5, 0.6) is 0 Å². The average Bonchev–Trinajstić information content (AvgIpc) is 2.63. The number of fused-ring (bicyclic) bond motifs is 2. The summed E-state index contributed by atoms with van der Waals surface area (Å²) in [6.07, 6.45) is 4.95. The van der Waals surface area contributed by atoms with E-state index in [1.165, 1.54) is 12.8 Å². The number of piperidine rings is 1. The largest absolute Gasteiger partial charge is 0.300 e. The molecule has 3 nitrogen and oxygen atoms in total. The number of nitrogens with zero attached hydrogens (tertiary/aromatic N) is 3. The highest BCUT2D eigenvalue weighted by atomic mass is 79.9. The van der Waals surface area contributed by atoms with Crippen molar-refractivity contribution in [2.75, 3.05) is 7.05 Å². The van der Waals surface area contributed by atoms with E-state index in [1.54, 1.807) is 0 Å². The SMILES string of the molecule is CN1C2CCC1CC(c1nc(Cl)c(Br)c(C(C)(C)C)n1)C2. The van der Waals surface area contributed by atoms with Gasteiger partial charge in [0.2, 0.25) is 0 Å². The standard InChI is InChI=1S/C16H23BrClN3/c1-16(2,3)13-12(17)14(18)20-15(19-13)9-7-10-5-6-11(8-9)21(10)4/h9-11H,5-8H2,1-4H3. The van der Waals surface area contributed by atoms with Gasteiger partial charge in [0.25, 0.3) is 0 Å². The predicted molar refractivity (Wildman–Crippen MR) is 90.0 cm³/mol. The third kappa shape index (κ3) is 2.87. The van der Waals surface area contributed by atoms with Crippen molar-refractivity contribution in [3.63, 3.8) is 0 Å². The van der Waals surface area contributed by atoms with E-state index in [9.17, 15) is 0 Å². The zero-order chi connectivity index (χ0) is 15.4. The molecule has 2 saturated heterocycles. The van der Waals surface area contributed by atoms with E-state index in [0.29, 0.717) is 23.2 Å². The van der Waals surface area contributed by atoms with Crippen molar-refractivity contribution in [1.82, 2.24) is 14.9 Å². The molecule has 0 N–H and O–H groups in total. The summed E-state index contributed by atoms with van der Waals surface area (Å²) in [5, 5.41) is 0.552. The molecule has 2 atom stereocenters. The highest BCUT2D eigenvalue weighted by molar-refractivity contribution is 9.10. The Morgan fingerprint density at radius 3 is 2.24 bits per heavy atom. The molecule has 2 bridgehead atoms. The zero-order valence-electron chi connectivity index (χ0n) is 13.2. The first-order valence-corrected chi connectivity index (χ1v) is 8.90. The number of halogens is 2. The normalized spacial score (nSPS) is 29.9. The molecule has 1 aromatic heterocycles. The maximum Gasteiger partial charge on any atom is 0.147 e. The van der Waals surface area contributed by atoms with Crippen LogP contribution in [0.15, 0.2) is 4.47 Å². The smallest absolute Gasteiger partial charge is 0.147 e. The molecule has 1 aromatic rings. The predicted octanol–water partition coefficient (Wildman–Crippen LogP) is 4.53. The van der Waals surface area contributed by atoms with Crippen molar-refractivity contribution in [3.8, 4) is 0 Å². The van der Waals surface area contributed by atoms with Gasteiger partial charge in [-0.05, 0) is 48.7 Å². The monoisotopic (exact) mass is 371 g/mol. The van der Waals surface area contributed by atoms with Gasteiger partial charge < -0.3 is 4.90 Å². The molecule has 5 heteroatoms. The Hall–Kier alpha value is -0.190. The molecule has 2 fully saturated rings. The van der Waals surface area contributed by atoms with Gasteiger partial charge in [-0.3, -0.25) is 0 Å². The molecule has 2 aliphatic rings. The fourth-order valence-corrected chi connectivity index (χ4v) is 4.69. The number of hydrogen-bond acceptors (Lipinski definition) is 3. The molecule has 2 aliphatic heterocycles. The molecule has 0 radical (unpaired) electrons. The maximum absolute atomic E-state index is 6.35. The molecule has 0 spiro atoms. The van der Waals surface area contributed by atoms with E-state index >= 15 is 0 Å². The van der Waals surface area contributed by atoms with E-state index in [1.807, 2.05) is 0 Å². The van der Waals surface area contributed by atoms with Crippen LogP contribution in [0.1, 0.15) is 63.9 Å². The second-order valence-corrected chi connectivity index (χ2v) is 8.66. The molecule has 2 unspecified atom stereocenters. The lowest BCUT2D eigenvalue weighted by molar-refractivity contribution is 0.158. The minimum absolute atomic E-state index is 0.0371. The Morgan fingerprint density at radius 2 is 1.71 bits per heavy atom. The second kappa shape index (κ2) is 5.47. The van der Waals surface area contributed by atoms with Crippen LogP contribution >= 0.6 is 27.5 Å². The lowest BCUT2D eigenvalue weighted by Gasteiger charge is -2.36. The van der Waals surface area contributed by atoms with E-state index in [4.69, 9.17) is 16.6 Å². The minimum atomic E-state index is -0.0371. The Kier molecular flexibility index (Phi) is 4.09. The Labute approximate surface area is 140 Å². The third-order valence-electron chi connectivity index (χ3n) is 5.00. The van der Waals surface area contributed by atoms with E-state index in [0.717, 1.165) is 28.8 Å². The van der Waals surface area contributed by atoms with Crippen molar-refractivity contribution >= 4 is 27.5 Å². The molecule has 0 aliphatic carbocycles. The van der Waals surface area contributed by atoms with Crippen LogP contribution in [0.4, 0.5) is 0 Å². The first-order valence-electron chi connectivity index (χ1n) is 7.72. The van der Waals surface area contributed by atoms with Gasteiger partial charge in [0.05, 0.1) is 10.2 Å². The molecule has 0 amide bonds. The van der Waals surface area contributed by atoms with Crippen LogP contribution in [0.3, 0.4) is 0 Å². The van der Waals surface area contributed by atoms with Gasteiger partial charge in [0, 0.05) is 23.4 Å². The van der Waals surface area contributed by atoms with Gasteiger partial charge in [-0.2, -0.15) is 0 Å². The van der Waals surface area contributed by atoms with Crippen molar-refractivity contribution in [2.45, 2.75) is 69.9 Å². The first kappa shape index (κ1) is 15.7. The third-order valence-corrected chi connectivity index (χ3v) is 6.25. The van der Waals surface area contributed by atoms with Crippen LogP contribution in [0.25, 0.3) is 0 Å². The van der Waals surface area contributed by atoms with Crippen LogP contribution < -0.4 is 0 Å². The van der Waals surface area contributed by atoms with Crippen LogP contribution in [-0.2, 0) is 5.41 Å². The summed E-state index contributed by atoms with van der Waals surface area (Å²) in [5.41, 5.74) is 0.980. The fraction of sp³-hybridized carbons (Fsp3) is 0.750. The van der Waals surface area contributed by atoms with Crippen molar-refractivity contribution in [2.24, 2.45) is 0 Å². The molecule has 21 heavy (non-hydrogen) atoms. The van der Waals surface area contributed by atoms with E-state index < -0.39 is 0 Å². The number of rotatable bonds is 1. The van der Waals surface area contributed by atoms with E-state index in [-0.39, 0.29) is 5.41 Å². The van der Waals surface area contributed by atoms with Gasteiger partial charge in [0.15, 0.2) is 0 Å². The van der Waals surface area contributed by atoms with Crippen LogP contribution in [0.2, 0.25) is 5.15 Å². The summed E-state index contributed by atoms with van der Waals surface area (Å²) in [5.74, 6) is 1.39. The lowest BCUT2D eigenvalue weighted by atomic mass is 9.89. The zero-order valence-corrected chi connectivity index (χ0v) is 15.5. The summed E-state index contributed by atoms with van der Waals surface area (Å²) < 4.78 is 0.844. The Bertz CT molecular complexity index is 541. The molecule has 3 rings (SSSR count). The molecular formula is C16H23BrClN3. The topological polar surface area (TPSA) is 29.0 Å². The molecule has 116 valence electrons. The molecule has 0 saturated carbocycles. The van der Waals surface area contributed by atoms with Crippen LogP contribution in [-0.4, -0.2) is 34.0 Å². The molecular weight excluding hydrogens is 350 g/mol. The molecule has 0 aromatic carbocycles. The van der Waals surface area contributed by atoms with Gasteiger partial charge in [0.1, 0.15) is 11.0 Å². The highest BCUT2D eigenvalue weighted by Crippen LogP contribution is 2.42. The Morgan fingerprint density at radius 1 is 1.14 bits per heavy atom. The second-order valence-electron chi connectivity index (χ2n) is 7.50. The molecule has 3 heterocycles. The minimum Gasteiger partial charge on any atom is -0.300 e. The van der Waals surface area contributed by atoms with Gasteiger partial charge in [-0.15, -0.1) is 0 Å². The summed E-state index contributed by atoms with van der Waals surface area (Å²) in [6, 6.07) is 1.38. The quantitative estimate of drug-likeness (QED) is 0.678. The van der Waals surface area contributed by atoms with Crippen molar-refractivity contribution < 1.29 is 0 Å². The van der Waals surface area contributed by atoms with Gasteiger partial charge in [-0.25, -0.2) is 9.97 Å². The highest BCUT2D eigenvalue weighted by Gasteiger charge is 2.40. The maximum atomic E-state index is 6.35. The summed E-state index contributed by atoms with van der Waals surface area (Å²) in [6.45, 7) is 6.50. The summed E-state index contributed by atoms with van der Waals surface area (Å²) in [4.78, 5) is 12.0. The van der Waals surface area contributed by atoms with E-state index in [2.05, 4.69) is 53.6 Å². The first-order chi connectivity index (χ1) is 9.77. The van der Waals surface area contributed by atoms with Gasteiger partial charge >= 0.3 is 0 Å².